The standard InChI is InChI=1S/C2H.BrH.Zn/c1-2;;/h1H;1H;/p-1. The molecule has 0 unspecified atom stereocenters. The van der Waals surface area contributed by atoms with Crippen LogP contribution in [0.4, 0.5) is 0 Å². The van der Waals surface area contributed by atoms with Gasteiger partial charge >= 0.3 is 0 Å². The molecule has 0 aromatic rings. The fraction of sp³-hybridized carbons (Fsp3) is 0. The fourth-order valence-corrected chi connectivity index (χ4v) is 0. The maximum absolute atomic E-state index is 5.25. The van der Waals surface area contributed by atoms with Crippen LogP contribution in [0.15, 0.2) is 0 Å². The van der Waals surface area contributed by atoms with Gasteiger partial charge in [-0.3, -0.25) is 0 Å². The van der Waals surface area contributed by atoms with Crippen molar-refractivity contribution in [3.8, 4) is 6.42 Å². The molecule has 0 aliphatic carbocycles. The first-order chi connectivity index (χ1) is 1.00. The molecule has 0 rings (SSSR count). The van der Waals surface area contributed by atoms with E-state index >= 15 is 0 Å². The van der Waals surface area contributed by atoms with Gasteiger partial charge < -0.3 is 17.0 Å². The van der Waals surface area contributed by atoms with Gasteiger partial charge in [-0.1, -0.05) is 0 Å². The minimum absolute atomic E-state index is 0. The normalized spacial score (nSPS) is 0.500. The van der Waals surface area contributed by atoms with Crippen molar-refractivity contribution >= 4 is 0 Å². The van der Waals surface area contributed by atoms with E-state index in [2.05, 4.69) is 6.42 Å². The summed E-state index contributed by atoms with van der Waals surface area (Å²) in [6.45, 7) is 0. The van der Waals surface area contributed by atoms with Gasteiger partial charge in [0.05, 0.1) is 0 Å². The molecule has 0 heterocycles. The van der Waals surface area contributed by atoms with Crippen molar-refractivity contribution in [2.45, 2.75) is 0 Å². The Bertz CT molecular complexity index is 10.8. The van der Waals surface area contributed by atoms with Gasteiger partial charge in [-0.2, -0.15) is 0 Å². The van der Waals surface area contributed by atoms with Crippen molar-refractivity contribution < 1.29 is 36.5 Å². The van der Waals surface area contributed by atoms with E-state index in [1.807, 2.05) is 0 Å². The molecule has 0 nitrogen and oxygen atoms in total. The van der Waals surface area contributed by atoms with E-state index in [0.717, 1.165) is 0 Å². The van der Waals surface area contributed by atoms with Crippen LogP contribution in [-0.4, -0.2) is 0 Å². The Morgan fingerprint density at radius 2 is 1.25 bits per heavy atom. The summed E-state index contributed by atoms with van der Waals surface area (Å²) < 4.78 is 0. The van der Waals surface area contributed by atoms with E-state index in [-0.39, 0.29) is 36.5 Å². The minimum atomic E-state index is 0. The van der Waals surface area contributed by atoms with Crippen LogP contribution >= 0.6 is 0 Å². The summed E-state index contributed by atoms with van der Waals surface area (Å²) in [7, 11) is 0. The number of terminal acetylenes is 1. The first kappa shape index (κ1) is 22.6. The van der Waals surface area contributed by atoms with Crippen LogP contribution in [0.2, 0.25) is 0 Å². The monoisotopic (exact) mass is 168 g/mol. The van der Waals surface area contributed by atoms with Gasteiger partial charge in [-0.25, -0.2) is 0 Å². The average Bonchev–Trinajstić information content (AvgIpc) is 1.00. The molecule has 4 heavy (non-hydrogen) atoms. The van der Waals surface area contributed by atoms with Crippen LogP contribution in [-0.2, 0) is 19.5 Å². The summed E-state index contributed by atoms with van der Waals surface area (Å²) in [4.78, 5) is 0. The second-order valence-electron chi connectivity index (χ2n) is 0. The van der Waals surface area contributed by atoms with E-state index in [1.54, 1.807) is 0 Å². The summed E-state index contributed by atoms with van der Waals surface area (Å²) in [6.07, 6.45) is 9.00. The predicted octanol–water partition coefficient (Wildman–Crippen LogP) is -2.79. The maximum Gasteiger partial charge on any atom is 0 e. The van der Waals surface area contributed by atoms with Gasteiger partial charge in [0, 0.05) is 19.5 Å². The molecule has 0 bridgehead atoms. The zero-order valence-corrected chi connectivity index (χ0v) is 6.72. The van der Waals surface area contributed by atoms with Crippen LogP contribution < -0.4 is 17.0 Å². The molecular formula is C2HBrZn-. The van der Waals surface area contributed by atoms with Crippen molar-refractivity contribution in [3.05, 3.63) is 6.42 Å². The van der Waals surface area contributed by atoms with Crippen LogP contribution in [0.25, 0.3) is 0 Å². The van der Waals surface area contributed by atoms with Crippen molar-refractivity contribution in [2.24, 2.45) is 0 Å². The minimum Gasteiger partial charge on any atom is -1.00 e. The Kier molecular flexibility index (Phi) is 334. The van der Waals surface area contributed by atoms with Gasteiger partial charge in [0.25, 0.3) is 0 Å². The second-order valence-corrected chi connectivity index (χ2v) is 0. The number of rotatable bonds is 0. The molecule has 0 atom stereocenters. The van der Waals surface area contributed by atoms with Crippen LogP contribution in [0.5, 0.6) is 0 Å². The van der Waals surface area contributed by atoms with Crippen molar-refractivity contribution in [1.82, 2.24) is 0 Å². The summed E-state index contributed by atoms with van der Waals surface area (Å²) >= 11 is 0. The molecule has 1 radical (unpaired) electrons. The predicted molar refractivity (Wildman–Crippen MR) is 8.19 cm³/mol. The van der Waals surface area contributed by atoms with Crippen LogP contribution in [0.3, 0.4) is 0 Å². The molecule has 0 N–H and O–H groups in total. The molecule has 0 aliphatic heterocycles. The van der Waals surface area contributed by atoms with Gasteiger partial charge in [0.2, 0.25) is 0 Å². The largest absolute Gasteiger partial charge is 1.00 e. The van der Waals surface area contributed by atoms with E-state index in [0.29, 0.717) is 0 Å². The van der Waals surface area contributed by atoms with Crippen LogP contribution in [0, 0.1) is 12.8 Å². The molecule has 0 amide bonds. The number of halogens is 1. The van der Waals surface area contributed by atoms with Gasteiger partial charge in [0.15, 0.2) is 0 Å². The molecule has 0 aliphatic rings. The molecule has 0 fully saturated rings. The third-order valence-electron chi connectivity index (χ3n) is 0. The molecule has 19 valence electrons. The molecule has 2 heteroatoms. The SMILES string of the molecule is [Br-].[C]#C.[Zn]. The van der Waals surface area contributed by atoms with Gasteiger partial charge in [-0.15, -0.1) is 6.42 Å². The summed E-state index contributed by atoms with van der Waals surface area (Å²) in [5.41, 5.74) is 0. The quantitative estimate of drug-likeness (QED) is 0.272. The van der Waals surface area contributed by atoms with E-state index in [1.165, 1.54) is 0 Å². The average molecular weight is 170 g/mol. The third-order valence-corrected chi connectivity index (χ3v) is 0. The van der Waals surface area contributed by atoms with Crippen molar-refractivity contribution in [1.29, 1.82) is 0 Å². The van der Waals surface area contributed by atoms with E-state index in [9.17, 15) is 0 Å². The summed E-state index contributed by atoms with van der Waals surface area (Å²) in [5.74, 6) is 0. The van der Waals surface area contributed by atoms with Crippen molar-refractivity contribution in [2.75, 3.05) is 0 Å². The topological polar surface area (TPSA) is 0 Å². The Hall–Kier alpha value is 0.663. The molecular weight excluding hydrogens is 169 g/mol. The third kappa shape index (κ3) is 16.7. The molecule has 0 saturated heterocycles. The Morgan fingerprint density at radius 1 is 1.25 bits per heavy atom. The first-order valence-electron chi connectivity index (χ1n) is 0.289. The van der Waals surface area contributed by atoms with Gasteiger partial charge in [0.1, 0.15) is 0 Å². The first-order valence-corrected chi connectivity index (χ1v) is 0.289. The Balaban J connectivity index is -0.00000000500. The smallest absolute Gasteiger partial charge is 0 e. The Morgan fingerprint density at radius 3 is 1.25 bits per heavy atom. The molecule has 0 aromatic carbocycles. The summed E-state index contributed by atoms with van der Waals surface area (Å²) in [5, 5.41) is 0. The van der Waals surface area contributed by atoms with E-state index < -0.39 is 0 Å². The molecule has 0 spiro atoms. The summed E-state index contributed by atoms with van der Waals surface area (Å²) in [6, 6.07) is 0. The van der Waals surface area contributed by atoms with E-state index in [4.69, 9.17) is 6.42 Å². The molecule has 0 saturated carbocycles. The molecule has 0 aromatic heterocycles. The number of hydrogen-bond donors (Lipinski definition) is 0. The maximum atomic E-state index is 5.25. The van der Waals surface area contributed by atoms with Crippen LogP contribution in [0.1, 0.15) is 0 Å². The zero-order chi connectivity index (χ0) is 2.00. The second kappa shape index (κ2) is 59.1. The van der Waals surface area contributed by atoms with Crippen molar-refractivity contribution in [3.63, 3.8) is 0 Å². The Labute approximate surface area is 49.5 Å². The zero-order valence-electron chi connectivity index (χ0n) is 2.16. The fourth-order valence-electron chi connectivity index (χ4n) is 0. The van der Waals surface area contributed by atoms with Gasteiger partial charge in [-0.05, 0) is 6.42 Å². The number of hydrogen-bond acceptors (Lipinski definition) is 0.